The number of hydrogen-bond donors (Lipinski definition) is 1. The fourth-order valence-electron chi connectivity index (χ4n) is 4.36. The summed E-state index contributed by atoms with van der Waals surface area (Å²) in [6.07, 6.45) is 5.22. The van der Waals surface area contributed by atoms with E-state index in [-0.39, 0.29) is 18.3 Å². The molecule has 1 aromatic carbocycles. The summed E-state index contributed by atoms with van der Waals surface area (Å²) in [5.74, 6) is 0.0524. The minimum absolute atomic E-state index is 0. The summed E-state index contributed by atoms with van der Waals surface area (Å²) in [5, 5.41) is 9.26. The molecule has 2 aliphatic rings. The van der Waals surface area contributed by atoms with E-state index in [0.717, 1.165) is 37.7 Å². The molecule has 2 fully saturated rings. The zero-order chi connectivity index (χ0) is 18.7. The summed E-state index contributed by atoms with van der Waals surface area (Å²) in [7, 11) is 3.18. The van der Waals surface area contributed by atoms with Gasteiger partial charge >= 0.3 is 5.97 Å². The van der Waals surface area contributed by atoms with E-state index in [9.17, 15) is 14.7 Å². The molecule has 1 atom stereocenters. The molecule has 0 radical (unpaired) electrons. The summed E-state index contributed by atoms with van der Waals surface area (Å²) in [6, 6.07) is 5.71. The van der Waals surface area contributed by atoms with Crippen LogP contribution >= 0.6 is 12.4 Å². The Kier molecular flexibility index (Phi) is 6.98. The van der Waals surface area contributed by atoms with Crippen molar-refractivity contribution in [2.45, 2.75) is 43.9 Å². The average Bonchev–Trinajstić information content (AvgIpc) is 3.17. The number of aliphatic carboxylic acids is 1. The molecule has 0 spiro atoms. The predicted molar refractivity (Wildman–Crippen MR) is 104 cm³/mol. The maximum atomic E-state index is 13.5. The zero-order valence-electron chi connectivity index (χ0n) is 15.9. The van der Waals surface area contributed by atoms with Crippen LogP contribution < -0.4 is 9.47 Å². The Morgan fingerprint density at radius 2 is 1.78 bits per heavy atom. The smallest absolute Gasteiger partial charge is 0.308 e. The predicted octanol–water partition coefficient (Wildman–Crippen LogP) is 3.26. The Bertz CT molecular complexity index is 687. The topological polar surface area (TPSA) is 76.1 Å². The van der Waals surface area contributed by atoms with E-state index in [1.807, 2.05) is 18.2 Å². The molecule has 0 bridgehead atoms. The van der Waals surface area contributed by atoms with Gasteiger partial charge in [0.25, 0.3) is 0 Å². The van der Waals surface area contributed by atoms with Gasteiger partial charge in [-0.3, -0.25) is 9.59 Å². The first-order valence-electron chi connectivity index (χ1n) is 9.26. The molecule has 6 nitrogen and oxygen atoms in total. The van der Waals surface area contributed by atoms with Crippen molar-refractivity contribution in [3.63, 3.8) is 0 Å². The number of halogens is 1. The molecule has 1 aliphatic heterocycles. The highest BCUT2D eigenvalue weighted by molar-refractivity contribution is 5.89. The minimum atomic E-state index is -0.816. The molecule has 1 heterocycles. The normalized spacial score (nSPS) is 21.3. The van der Waals surface area contributed by atoms with Crippen LogP contribution in [0.2, 0.25) is 0 Å². The molecule has 1 saturated heterocycles. The Balaban J connectivity index is 0.00000261. The Morgan fingerprint density at radius 1 is 1.11 bits per heavy atom. The van der Waals surface area contributed by atoms with Gasteiger partial charge in [-0.15, -0.1) is 12.4 Å². The Labute approximate surface area is 166 Å². The fourth-order valence-corrected chi connectivity index (χ4v) is 4.36. The van der Waals surface area contributed by atoms with Gasteiger partial charge in [0.2, 0.25) is 5.91 Å². The van der Waals surface area contributed by atoms with Crippen molar-refractivity contribution in [1.29, 1.82) is 0 Å². The molecule has 0 aromatic heterocycles. The largest absolute Gasteiger partial charge is 0.493 e. The average molecular weight is 398 g/mol. The number of amides is 1. The van der Waals surface area contributed by atoms with E-state index in [0.29, 0.717) is 31.0 Å². The molecule has 1 aromatic rings. The molecular weight excluding hydrogens is 370 g/mol. The number of carbonyl (C=O) groups excluding carboxylic acids is 1. The molecular formula is C20H28ClNO5. The molecule has 1 saturated carbocycles. The number of methoxy groups -OCH3 is 2. The van der Waals surface area contributed by atoms with Gasteiger partial charge in [-0.25, -0.2) is 0 Å². The lowest BCUT2D eigenvalue weighted by Crippen LogP contribution is -2.47. The summed E-state index contributed by atoms with van der Waals surface area (Å²) in [4.78, 5) is 26.5. The molecule has 1 N–H and O–H groups in total. The Hall–Kier alpha value is -1.95. The number of benzene rings is 1. The van der Waals surface area contributed by atoms with Crippen molar-refractivity contribution in [2.75, 3.05) is 27.3 Å². The van der Waals surface area contributed by atoms with Crippen molar-refractivity contribution >= 4 is 24.3 Å². The number of carbonyl (C=O) groups is 2. The van der Waals surface area contributed by atoms with Crippen molar-refractivity contribution in [3.05, 3.63) is 23.8 Å². The molecule has 1 unspecified atom stereocenters. The van der Waals surface area contributed by atoms with E-state index in [1.54, 1.807) is 19.1 Å². The fraction of sp³-hybridized carbons (Fsp3) is 0.600. The quantitative estimate of drug-likeness (QED) is 0.825. The lowest BCUT2D eigenvalue weighted by Gasteiger charge is -2.39. The van der Waals surface area contributed by atoms with E-state index in [4.69, 9.17) is 9.47 Å². The van der Waals surface area contributed by atoms with Crippen LogP contribution in [0, 0.1) is 5.92 Å². The van der Waals surface area contributed by atoms with Gasteiger partial charge in [0.05, 0.1) is 25.6 Å². The third-order valence-corrected chi connectivity index (χ3v) is 5.88. The number of carboxylic acid groups (broad SMARTS) is 1. The number of rotatable bonds is 5. The highest BCUT2D eigenvalue weighted by Gasteiger charge is 2.46. The number of carboxylic acids is 1. The monoisotopic (exact) mass is 397 g/mol. The van der Waals surface area contributed by atoms with Gasteiger partial charge in [0, 0.05) is 13.1 Å². The number of likely N-dealkylation sites (tertiary alicyclic amines) is 1. The summed E-state index contributed by atoms with van der Waals surface area (Å²) < 4.78 is 10.8. The molecule has 150 valence electrons. The van der Waals surface area contributed by atoms with Crippen LogP contribution in [0.15, 0.2) is 18.2 Å². The SMILES string of the molecule is COc1ccc(C2(C(=O)N3CCC(C(=O)O)C3)CCCCC2)cc1OC.Cl. The molecule has 1 amide bonds. The first-order chi connectivity index (χ1) is 12.5. The van der Waals surface area contributed by atoms with Gasteiger partial charge < -0.3 is 19.5 Å². The van der Waals surface area contributed by atoms with Crippen LogP contribution in [0.3, 0.4) is 0 Å². The third-order valence-electron chi connectivity index (χ3n) is 5.88. The molecule has 1 aliphatic carbocycles. The van der Waals surface area contributed by atoms with Crippen LogP contribution in [-0.2, 0) is 15.0 Å². The minimum Gasteiger partial charge on any atom is -0.493 e. The maximum Gasteiger partial charge on any atom is 0.308 e. The van der Waals surface area contributed by atoms with Gasteiger partial charge in [0.1, 0.15) is 0 Å². The van der Waals surface area contributed by atoms with Gasteiger partial charge in [0.15, 0.2) is 11.5 Å². The number of hydrogen-bond acceptors (Lipinski definition) is 4. The van der Waals surface area contributed by atoms with Crippen LogP contribution in [0.1, 0.15) is 44.1 Å². The third kappa shape index (κ3) is 4.00. The van der Waals surface area contributed by atoms with E-state index >= 15 is 0 Å². The van der Waals surface area contributed by atoms with Crippen molar-refractivity contribution in [3.8, 4) is 11.5 Å². The summed E-state index contributed by atoms with van der Waals surface area (Å²) in [5.41, 5.74) is 0.351. The van der Waals surface area contributed by atoms with Crippen molar-refractivity contribution in [2.24, 2.45) is 5.92 Å². The lowest BCUT2D eigenvalue weighted by molar-refractivity contribution is -0.142. The number of ether oxygens (including phenoxy) is 2. The van der Waals surface area contributed by atoms with Crippen molar-refractivity contribution < 1.29 is 24.2 Å². The van der Waals surface area contributed by atoms with Crippen LogP contribution in [0.25, 0.3) is 0 Å². The first kappa shape index (κ1) is 21.4. The molecule has 7 heteroatoms. The number of nitrogens with zero attached hydrogens (tertiary/aromatic N) is 1. The van der Waals surface area contributed by atoms with Crippen LogP contribution in [-0.4, -0.2) is 49.2 Å². The second kappa shape index (κ2) is 8.83. The summed E-state index contributed by atoms with van der Waals surface area (Å²) >= 11 is 0. The Morgan fingerprint density at radius 3 is 2.33 bits per heavy atom. The second-order valence-corrected chi connectivity index (χ2v) is 7.29. The molecule has 3 rings (SSSR count). The summed E-state index contributed by atoms with van der Waals surface area (Å²) in [6.45, 7) is 0.827. The molecule has 27 heavy (non-hydrogen) atoms. The van der Waals surface area contributed by atoms with E-state index < -0.39 is 17.3 Å². The van der Waals surface area contributed by atoms with Crippen molar-refractivity contribution in [1.82, 2.24) is 4.90 Å². The van der Waals surface area contributed by atoms with Crippen LogP contribution in [0.5, 0.6) is 11.5 Å². The van der Waals surface area contributed by atoms with E-state index in [2.05, 4.69) is 0 Å². The van der Waals surface area contributed by atoms with Gasteiger partial charge in [-0.1, -0.05) is 25.3 Å². The highest BCUT2D eigenvalue weighted by atomic mass is 35.5. The van der Waals surface area contributed by atoms with Gasteiger partial charge in [-0.2, -0.15) is 0 Å². The van der Waals surface area contributed by atoms with Crippen LogP contribution in [0.4, 0.5) is 0 Å². The van der Waals surface area contributed by atoms with Gasteiger partial charge in [-0.05, 0) is 37.0 Å². The lowest BCUT2D eigenvalue weighted by atomic mass is 9.68. The first-order valence-corrected chi connectivity index (χ1v) is 9.26. The second-order valence-electron chi connectivity index (χ2n) is 7.29. The highest BCUT2D eigenvalue weighted by Crippen LogP contribution is 2.44. The standard InChI is InChI=1S/C20H27NO5.ClH/c1-25-16-7-6-15(12-17(16)26-2)20(9-4-3-5-10-20)19(24)21-11-8-14(13-21)18(22)23;/h6-7,12,14H,3-5,8-11,13H2,1-2H3,(H,22,23);1H. The zero-order valence-corrected chi connectivity index (χ0v) is 16.7. The van der Waals surface area contributed by atoms with E-state index in [1.165, 1.54) is 0 Å². The maximum absolute atomic E-state index is 13.5.